The molecule has 2 aromatic heterocycles. The summed E-state index contributed by atoms with van der Waals surface area (Å²) in [4.78, 5) is 23.3. The number of nitro groups is 1. The molecule has 2 heterocycles. The largest absolute Gasteiger partial charge is 0.322 e. The van der Waals surface area contributed by atoms with Crippen molar-refractivity contribution in [3.05, 3.63) is 69.3 Å². The van der Waals surface area contributed by atoms with Gasteiger partial charge in [0.2, 0.25) is 5.91 Å². The average molecular weight is 382 g/mol. The zero-order valence-corrected chi connectivity index (χ0v) is 16.2. The Morgan fingerprint density at radius 2 is 2.00 bits per heavy atom. The molecule has 0 fully saturated rings. The summed E-state index contributed by atoms with van der Waals surface area (Å²) in [6.07, 6.45) is 3.33. The number of benzene rings is 1. The zero-order chi connectivity index (χ0) is 20.4. The monoisotopic (exact) mass is 382 g/mol. The maximum atomic E-state index is 12.6. The van der Waals surface area contributed by atoms with Gasteiger partial charge in [-0.15, -0.1) is 0 Å². The summed E-state index contributed by atoms with van der Waals surface area (Å²) in [6, 6.07) is 7.33. The predicted molar refractivity (Wildman–Crippen MR) is 104 cm³/mol. The zero-order valence-electron chi connectivity index (χ0n) is 16.2. The summed E-state index contributed by atoms with van der Waals surface area (Å²) in [5.41, 5.74) is 3.44. The minimum Gasteiger partial charge on any atom is -0.322 e. The van der Waals surface area contributed by atoms with E-state index in [0.717, 1.165) is 5.56 Å². The molecular formula is C19H22N6O3. The van der Waals surface area contributed by atoms with Gasteiger partial charge in [0.15, 0.2) is 0 Å². The Morgan fingerprint density at radius 1 is 1.29 bits per heavy atom. The van der Waals surface area contributed by atoms with Gasteiger partial charge in [0.05, 0.1) is 23.4 Å². The van der Waals surface area contributed by atoms with Crippen molar-refractivity contribution in [3.8, 4) is 0 Å². The number of nitrogens with one attached hydrogen (secondary N) is 1. The first-order valence-electron chi connectivity index (χ1n) is 8.86. The Kier molecular flexibility index (Phi) is 5.25. The molecule has 1 unspecified atom stereocenters. The van der Waals surface area contributed by atoms with Crippen molar-refractivity contribution in [1.82, 2.24) is 19.6 Å². The van der Waals surface area contributed by atoms with Gasteiger partial charge in [0.1, 0.15) is 17.4 Å². The Balaban J connectivity index is 1.72. The number of hydrogen-bond acceptors (Lipinski definition) is 5. The lowest BCUT2D eigenvalue weighted by Gasteiger charge is -2.13. The Morgan fingerprint density at radius 3 is 2.64 bits per heavy atom. The number of nitrogens with zero attached hydrogens (tertiary/aromatic N) is 5. The van der Waals surface area contributed by atoms with Gasteiger partial charge in [-0.2, -0.15) is 10.2 Å². The molecule has 1 amide bonds. The van der Waals surface area contributed by atoms with E-state index in [4.69, 9.17) is 0 Å². The van der Waals surface area contributed by atoms with Crippen LogP contribution in [0.4, 0.5) is 11.4 Å². The number of hydrogen-bond donors (Lipinski definition) is 1. The fourth-order valence-corrected chi connectivity index (χ4v) is 3.13. The summed E-state index contributed by atoms with van der Waals surface area (Å²) >= 11 is 0. The van der Waals surface area contributed by atoms with Crippen LogP contribution < -0.4 is 5.32 Å². The van der Waals surface area contributed by atoms with Crippen LogP contribution in [0, 0.1) is 30.9 Å². The molecule has 0 spiro atoms. The standard InChI is InChI=1S/C19H22N6O3/c1-12-7-5-6-8-16(12)10-23-11-17(9-20-23)21-19(26)15(4)24-14(3)18(25(27)28)13(2)22-24/h5-9,11,15H,10H2,1-4H3,(H,21,26). The summed E-state index contributed by atoms with van der Waals surface area (Å²) < 4.78 is 3.12. The van der Waals surface area contributed by atoms with E-state index in [0.29, 0.717) is 17.9 Å². The molecule has 0 aliphatic rings. The Bertz CT molecular complexity index is 1040. The van der Waals surface area contributed by atoms with Crippen LogP contribution in [0.5, 0.6) is 0 Å². The van der Waals surface area contributed by atoms with E-state index in [9.17, 15) is 14.9 Å². The fourth-order valence-electron chi connectivity index (χ4n) is 3.13. The minimum absolute atomic E-state index is 0.0642. The lowest BCUT2D eigenvalue weighted by molar-refractivity contribution is -0.386. The molecule has 0 aliphatic carbocycles. The third-order valence-corrected chi connectivity index (χ3v) is 4.71. The second kappa shape index (κ2) is 7.63. The predicted octanol–water partition coefficient (Wildman–Crippen LogP) is 3.16. The van der Waals surface area contributed by atoms with Gasteiger partial charge >= 0.3 is 5.69 Å². The molecule has 0 aliphatic heterocycles. The molecule has 3 aromatic rings. The SMILES string of the molecule is Cc1ccccc1Cn1cc(NC(=O)C(C)n2nc(C)c([N+](=O)[O-])c2C)cn1. The average Bonchev–Trinajstić information content (AvgIpc) is 3.19. The van der Waals surface area contributed by atoms with Crippen molar-refractivity contribution < 1.29 is 9.72 Å². The van der Waals surface area contributed by atoms with E-state index < -0.39 is 11.0 Å². The van der Waals surface area contributed by atoms with Gasteiger partial charge in [-0.1, -0.05) is 24.3 Å². The number of carbonyl (C=O) groups is 1. The van der Waals surface area contributed by atoms with Crippen molar-refractivity contribution in [2.75, 3.05) is 5.32 Å². The molecule has 0 saturated carbocycles. The minimum atomic E-state index is -0.702. The second-order valence-electron chi connectivity index (χ2n) is 6.74. The van der Waals surface area contributed by atoms with E-state index >= 15 is 0 Å². The van der Waals surface area contributed by atoms with Gasteiger partial charge in [-0.05, 0) is 38.8 Å². The molecule has 9 heteroatoms. The number of anilines is 1. The van der Waals surface area contributed by atoms with E-state index in [1.165, 1.54) is 10.2 Å². The molecule has 1 N–H and O–H groups in total. The van der Waals surface area contributed by atoms with Crippen molar-refractivity contribution in [2.24, 2.45) is 0 Å². The van der Waals surface area contributed by atoms with E-state index in [-0.39, 0.29) is 17.3 Å². The molecule has 28 heavy (non-hydrogen) atoms. The highest BCUT2D eigenvalue weighted by Gasteiger charge is 2.27. The maximum absolute atomic E-state index is 12.6. The molecule has 0 radical (unpaired) electrons. The molecule has 1 aromatic carbocycles. The van der Waals surface area contributed by atoms with Gasteiger partial charge in [0.25, 0.3) is 0 Å². The summed E-state index contributed by atoms with van der Waals surface area (Å²) in [6.45, 7) is 7.43. The number of aromatic nitrogens is 4. The normalized spacial score (nSPS) is 12.0. The van der Waals surface area contributed by atoms with Crippen molar-refractivity contribution >= 4 is 17.3 Å². The number of rotatable bonds is 6. The Labute approximate surface area is 162 Å². The van der Waals surface area contributed by atoms with E-state index in [1.54, 1.807) is 37.8 Å². The van der Waals surface area contributed by atoms with Crippen molar-refractivity contribution in [3.63, 3.8) is 0 Å². The van der Waals surface area contributed by atoms with Crippen LogP contribution in [0.15, 0.2) is 36.7 Å². The van der Waals surface area contributed by atoms with Crippen LogP contribution in [0.25, 0.3) is 0 Å². The quantitative estimate of drug-likeness (QED) is 0.520. The molecule has 3 rings (SSSR count). The van der Waals surface area contributed by atoms with Crippen molar-refractivity contribution in [2.45, 2.75) is 40.3 Å². The van der Waals surface area contributed by atoms with Crippen LogP contribution in [0.3, 0.4) is 0 Å². The first-order valence-corrected chi connectivity index (χ1v) is 8.86. The summed E-state index contributed by atoms with van der Waals surface area (Å²) in [5.74, 6) is -0.323. The number of aryl methyl sites for hydroxylation is 2. The molecule has 9 nitrogen and oxygen atoms in total. The van der Waals surface area contributed by atoms with Gasteiger partial charge in [-0.3, -0.25) is 24.3 Å². The topological polar surface area (TPSA) is 108 Å². The maximum Gasteiger partial charge on any atom is 0.312 e. The second-order valence-corrected chi connectivity index (χ2v) is 6.74. The highest BCUT2D eigenvalue weighted by atomic mass is 16.6. The lowest BCUT2D eigenvalue weighted by Crippen LogP contribution is -2.25. The van der Waals surface area contributed by atoms with Gasteiger partial charge in [0, 0.05) is 6.20 Å². The van der Waals surface area contributed by atoms with E-state index in [1.807, 2.05) is 31.2 Å². The fraction of sp³-hybridized carbons (Fsp3) is 0.316. The third-order valence-electron chi connectivity index (χ3n) is 4.71. The molecule has 146 valence electrons. The molecular weight excluding hydrogens is 360 g/mol. The number of amides is 1. The Hall–Kier alpha value is -3.49. The summed E-state index contributed by atoms with van der Waals surface area (Å²) in [5, 5.41) is 22.4. The van der Waals surface area contributed by atoms with Crippen LogP contribution >= 0.6 is 0 Å². The lowest BCUT2D eigenvalue weighted by atomic mass is 10.1. The highest BCUT2D eigenvalue weighted by Crippen LogP contribution is 2.25. The van der Waals surface area contributed by atoms with Crippen LogP contribution in [0.2, 0.25) is 0 Å². The summed E-state index contributed by atoms with van der Waals surface area (Å²) in [7, 11) is 0. The molecule has 0 saturated heterocycles. The van der Waals surface area contributed by atoms with E-state index in [2.05, 4.69) is 15.5 Å². The van der Waals surface area contributed by atoms with Crippen LogP contribution in [-0.4, -0.2) is 30.4 Å². The number of carbonyl (C=O) groups excluding carboxylic acids is 1. The first-order chi connectivity index (χ1) is 13.3. The smallest absolute Gasteiger partial charge is 0.312 e. The van der Waals surface area contributed by atoms with Crippen molar-refractivity contribution in [1.29, 1.82) is 0 Å². The molecule has 1 atom stereocenters. The molecule has 0 bridgehead atoms. The van der Waals surface area contributed by atoms with Gasteiger partial charge < -0.3 is 5.32 Å². The first kappa shape index (κ1) is 19.3. The van der Waals surface area contributed by atoms with Crippen LogP contribution in [-0.2, 0) is 11.3 Å². The van der Waals surface area contributed by atoms with Gasteiger partial charge in [-0.25, -0.2) is 0 Å². The third kappa shape index (κ3) is 3.78. The van der Waals surface area contributed by atoms with Crippen LogP contribution in [0.1, 0.15) is 35.5 Å². The highest BCUT2D eigenvalue weighted by molar-refractivity contribution is 5.93.